The molecule has 94 valence electrons. The first-order chi connectivity index (χ1) is 8.16. The Morgan fingerprint density at radius 3 is 2.88 bits per heavy atom. The predicted molar refractivity (Wildman–Crippen MR) is 65.8 cm³/mol. The minimum Gasteiger partial charge on any atom is -0.372 e. The standard InChI is InChI=1S/C12H20N4O/c1-15-11-7-10(8-4-5-8)14-16(11)6-2-3-9(13)12(15)17/h7-9,12,17H,2-6,13H2,1H3. The number of nitrogens with zero attached hydrogens (tertiary/aromatic N) is 3. The monoisotopic (exact) mass is 236 g/mol. The van der Waals surface area contributed by atoms with Crippen molar-refractivity contribution in [2.24, 2.45) is 5.73 Å². The van der Waals surface area contributed by atoms with Crippen LogP contribution in [0.2, 0.25) is 0 Å². The molecular weight excluding hydrogens is 216 g/mol. The lowest BCUT2D eigenvalue weighted by Gasteiger charge is -2.32. The molecule has 0 bridgehead atoms. The van der Waals surface area contributed by atoms with Crippen LogP contribution in [-0.4, -0.2) is 34.2 Å². The minimum atomic E-state index is -0.613. The highest BCUT2D eigenvalue weighted by atomic mass is 16.3. The lowest BCUT2D eigenvalue weighted by Crippen LogP contribution is -2.48. The Kier molecular flexibility index (Phi) is 2.60. The predicted octanol–water partition coefficient (Wildman–Crippen LogP) is 0.636. The van der Waals surface area contributed by atoms with Gasteiger partial charge in [-0.25, -0.2) is 4.68 Å². The number of aliphatic hydroxyl groups excluding tert-OH is 1. The molecule has 17 heavy (non-hydrogen) atoms. The molecule has 1 fully saturated rings. The van der Waals surface area contributed by atoms with Gasteiger partial charge in [-0.1, -0.05) is 0 Å². The van der Waals surface area contributed by atoms with Gasteiger partial charge in [-0.15, -0.1) is 0 Å². The fraction of sp³-hybridized carbons (Fsp3) is 0.750. The van der Waals surface area contributed by atoms with Crippen molar-refractivity contribution in [1.82, 2.24) is 9.78 Å². The molecule has 1 aromatic heterocycles. The zero-order chi connectivity index (χ0) is 12.0. The average molecular weight is 236 g/mol. The van der Waals surface area contributed by atoms with Crippen molar-refractivity contribution in [2.45, 2.75) is 50.4 Å². The largest absolute Gasteiger partial charge is 0.372 e. The number of aryl methyl sites for hydroxylation is 1. The van der Waals surface area contributed by atoms with Gasteiger partial charge in [-0.3, -0.25) is 0 Å². The van der Waals surface area contributed by atoms with E-state index in [1.165, 1.54) is 18.5 Å². The molecule has 2 unspecified atom stereocenters. The van der Waals surface area contributed by atoms with Crippen LogP contribution < -0.4 is 10.6 Å². The van der Waals surface area contributed by atoms with Crippen molar-refractivity contribution in [2.75, 3.05) is 11.9 Å². The van der Waals surface area contributed by atoms with E-state index in [9.17, 15) is 5.11 Å². The first-order valence-electron chi connectivity index (χ1n) is 6.41. The lowest BCUT2D eigenvalue weighted by atomic mass is 10.1. The summed E-state index contributed by atoms with van der Waals surface area (Å²) < 4.78 is 2.02. The van der Waals surface area contributed by atoms with Gasteiger partial charge in [0.05, 0.1) is 5.69 Å². The van der Waals surface area contributed by atoms with Crippen molar-refractivity contribution in [3.63, 3.8) is 0 Å². The number of nitrogens with two attached hydrogens (primary N) is 1. The molecule has 0 aromatic carbocycles. The molecule has 0 saturated heterocycles. The minimum absolute atomic E-state index is 0.173. The highest BCUT2D eigenvalue weighted by molar-refractivity contribution is 5.43. The Hall–Kier alpha value is -1.07. The molecule has 2 heterocycles. The average Bonchev–Trinajstić information content (AvgIpc) is 3.08. The maximum absolute atomic E-state index is 10.1. The summed E-state index contributed by atoms with van der Waals surface area (Å²) in [6, 6.07) is 1.94. The van der Waals surface area contributed by atoms with E-state index >= 15 is 0 Å². The summed E-state index contributed by atoms with van der Waals surface area (Å²) in [5.74, 6) is 1.64. The summed E-state index contributed by atoms with van der Waals surface area (Å²) in [5.41, 5.74) is 7.13. The van der Waals surface area contributed by atoms with Gasteiger partial charge in [-0.05, 0) is 25.7 Å². The quantitative estimate of drug-likeness (QED) is 0.751. The smallest absolute Gasteiger partial charge is 0.143 e. The van der Waals surface area contributed by atoms with Gasteiger partial charge in [0, 0.05) is 31.6 Å². The molecule has 1 aliphatic carbocycles. The number of hydrogen-bond acceptors (Lipinski definition) is 4. The third kappa shape index (κ3) is 1.93. The second-order valence-corrected chi connectivity index (χ2v) is 5.26. The van der Waals surface area contributed by atoms with E-state index in [0.29, 0.717) is 5.92 Å². The second-order valence-electron chi connectivity index (χ2n) is 5.26. The molecule has 1 aliphatic heterocycles. The first kappa shape index (κ1) is 11.0. The highest BCUT2D eigenvalue weighted by Gasteiger charge is 2.30. The van der Waals surface area contributed by atoms with Crippen molar-refractivity contribution in [1.29, 1.82) is 0 Å². The number of rotatable bonds is 1. The molecule has 0 radical (unpaired) electrons. The Morgan fingerprint density at radius 2 is 2.18 bits per heavy atom. The van der Waals surface area contributed by atoms with Crippen LogP contribution in [0.5, 0.6) is 0 Å². The van der Waals surface area contributed by atoms with E-state index in [-0.39, 0.29) is 6.04 Å². The normalized spacial score (nSPS) is 29.7. The zero-order valence-electron chi connectivity index (χ0n) is 10.2. The van der Waals surface area contributed by atoms with Gasteiger partial charge in [0.1, 0.15) is 12.0 Å². The second kappa shape index (κ2) is 3.99. The lowest BCUT2D eigenvalue weighted by molar-refractivity contribution is 0.133. The van der Waals surface area contributed by atoms with Gasteiger partial charge in [-0.2, -0.15) is 5.10 Å². The maximum atomic E-state index is 10.1. The van der Waals surface area contributed by atoms with Gasteiger partial charge < -0.3 is 15.7 Å². The number of aliphatic hydroxyl groups is 1. The van der Waals surface area contributed by atoms with E-state index in [4.69, 9.17) is 5.73 Å². The Balaban J connectivity index is 1.94. The molecule has 1 aromatic rings. The van der Waals surface area contributed by atoms with Crippen LogP contribution in [0, 0.1) is 0 Å². The van der Waals surface area contributed by atoms with Gasteiger partial charge in [0.25, 0.3) is 0 Å². The number of likely N-dealkylation sites (N-methyl/N-ethyl adjacent to an activating group) is 1. The van der Waals surface area contributed by atoms with Crippen LogP contribution >= 0.6 is 0 Å². The van der Waals surface area contributed by atoms with Gasteiger partial charge in [0.2, 0.25) is 0 Å². The Morgan fingerprint density at radius 1 is 1.41 bits per heavy atom. The van der Waals surface area contributed by atoms with Crippen LogP contribution in [0.1, 0.15) is 37.3 Å². The van der Waals surface area contributed by atoms with Gasteiger partial charge >= 0.3 is 0 Å². The van der Waals surface area contributed by atoms with Crippen molar-refractivity contribution < 1.29 is 5.11 Å². The Labute approximate surface area is 101 Å². The van der Waals surface area contributed by atoms with E-state index in [1.54, 1.807) is 0 Å². The SMILES string of the molecule is CN1c2cc(C3CC3)nn2CCCC(N)C1O. The third-order valence-corrected chi connectivity index (χ3v) is 3.82. The van der Waals surface area contributed by atoms with Crippen molar-refractivity contribution in [3.8, 4) is 0 Å². The number of hydrogen-bond donors (Lipinski definition) is 2. The number of aromatic nitrogens is 2. The molecule has 0 amide bonds. The third-order valence-electron chi connectivity index (χ3n) is 3.82. The number of anilines is 1. The molecule has 5 nitrogen and oxygen atoms in total. The molecule has 2 aliphatic rings. The molecule has 2 atom stereocenters. The molecule has 1 saturated carbocycles. The maximum Gasteiger partial charge on any atom is 0.143 e. The van der Waals surface area contributed by atoms with Crippen LogP contribution in [0.3, 0.4) is 0 Å². The van der Waals surface area contributed by atoms with Crippen LogP contribution in [0.4, 0.5) is 5.82 Å². The number of fused-ring (bicyclic) bond motifs is 1. The topological polar surface area (TPSA) is 67.3 Å². The molecule has 3 rings (SSSR count). The van der Waals surface area contributed by atoms with Crippen molar-refractivity contribution >= 4 is 5.82 Å². The summed E-state index contributed by atoms with van der Waals surface area (Å²) in [6.07, 6.45) is 3.71. The summed E-state index contributed by atoms with van der Waals surface area (Å²) in [6.45, 7) is 0.896. The molecular formula is C12H20N4O. The highest BCUT2D eigenvalue weighted by Crippen LogP contribution is 2.40. The molecule has 3 N–H and O–H groups in total. The van der Waals surface area contributed by atoms with E-state index in [2.05, 4.69) is 11.2 Å². The Bertz CT molecular complexity index is 413. The van der Waals surface area contributed by atoms with Crippen molar-refractivity contribution in [3.05, 3.63) is 11.8 Å². The van der Waals surface area contributed by atoms with E-state index < -0.39 is 6.23 Å². The summed E-state index contributed by atoms with van der Waals surface area (Å²) >= 11 is 0. The summed E-state index contributed by atoms with van der Waals surface area (Å²) in [7, 11) is 1.89. The fourth-order valence-electron chi connectivity index (χ4n) is 2.50. The molecule has 0 spiro atoms. The van der Waals surface area contributed by atoms with Gasteiger partial charge in [0.15, 0.2) is 0 Å². The van der Waals surface area contributed by atoms with Crippen LogP contribution in [-0.2, 0) is 6.54 Å². The fourth-order valence-corrected chi connectivity index (χ4v) is 2.50. The first-order valence-corrected chi connectivity index (χ1v) is 6.41. The molecule has 5 heteroatoms. The van der Waals surface area contributed by atoms with Crippen LogP contribution in [0.15, 0.2) is 6.07 Å². The zero-order valence-corrected chi connectivity index (χ0v) is 10.2. The summed E-state index contributed by atoms with van der Waals surface area (Å²) in [5, 5.41) is 14.8. The van der Waals surface area contributed by atoms with Crippen LogP contribution in [0.25, 0.3) is 0 Å². The van der Waals surface area contributed by atoms with E-state index in [0.717, 1.165) is 25.2 Å². The summed E-state index contributed by atoms with van der Waals surface area (Å²) in [4.78, 5) is 1.85. The van der Waals surface area contributed by atoms with E-state index in [1.807, 2.05) is 16.6 Å².